The van der Waals surface area contributed by atoms with Crippen LogP contribution in [0.15, 0.2) is 12.1 Å². The molecule has 2 amide bonds. The molecular weight excluding hydrogens is 348 g/mol. The summed E-state index contributed by atoms with van der Waals surface area (Å²) in [5, 5.41) is 0.368. The molecule has 1 aromatic rings. The van der Waals surface area contributed by atoms with Crippen molar-refractivity contribution in [3.63, 3.8) is 0 Å². The quantitative estimate of drug-likeness (QED) is 0.801. The van der Waals surface area contributed by atoms with Gasteiger partial charge in [-0.3, -0.25) is 4.79 Å². The third-order valence-corrected chi connectivity index (χ3v) is 4.42. The molecule has 0 unspecified atom stereocenters. The van der Waals surface area contributed by atoms with Gasteiger partial charge in [0.05, 0.1) is 24.8 Å². The van der Waals surface area contributed by atoms with Crippen molar-refractivity contribution in [2.24, 2.45) is 0 Å². The fourth-order valence-electron chi connectivity index (χ4n) is 2.84. The van der Waals surface area contributed by atoms with Crippen LogP contribution in [0, 0.1) is 0 Å². The topological polar surface area (TPSA) is 68.3 Å². The van der Waals surface area contributed by atoms with E-state index in [1.807, 2.05) is 0 Å². The maximum Gasteiger partial charge on any atom is 0.409 e. The van der Waals surface area contributed by atoms with E-state index in [1.165, 1.54) is 0 Å². The van der Waals surface area contributed by atoms with Gasteiger partial charge in [0.15, 0.2) is 11.5 Å². The fourth-order valence-corrected chi connectivity index (χ4v) is 3.11. The van der Waals surface area contributed by atoms with Crippen molar-refractivity contribution in [3.05, 3.63) is 22.7 Å². The monoisotopic (exact) mass is 368 g/mol. The number of halogens is 1. The number of hydrogen-bond donors (Lipinski definition) is 0. The lowest BCUT2D eigenvalue weighted by Crippen LogP contribution is -2.50. The van der Waals surface area contributed by atoms with E-state index < -0.39 is 0 Å². The lowest BCUT2D eigenvalue weighted by molar-refractivity contribution is 0.0570. The number of rotatable bonds is 2. The number of carbonyl (C=O) groups excluding carboxylic acids is 2. The van der Waals surface area contributed by atoms with Gasteiger partial charge in [0.25, 0.3) is 5.91 Å². The van der Waals surface area contributed by atoms with Gasteiger partial charge in [-0.1, -0.05) is 11.6 Å². The van der Waals surface area contributed by atoms with Crippen LogP contribution in [0.1, 0.15) is 23.7 Å². The van der Waals surface area contributed by atoms with Gasteiger partial charge in [0.1, 0.15) is 0 Å². The zero-order valence-electron chi connectivity index (χ0n) is 14.1. The van der Waals surface area contributed by atoms with Gasteiger partial charge in [0, 0.05) is 38.2 Å². The van der Waals surface area contributed by atoms with Crippen molar-refractivity contribution in [2.75, 3.05) is 46.0 Å². The second kappa shape index (κ2) is 7.82. The largest absolute Gasteiger partial charge is 0.489 e. The Hall–Kier alpha value is -2.15. The summed E-state index contributed by atoms with van der Waals surface area (Å²) < 4.78 is 16.2. The molecule has 3 rings (SSSR count). The Kier molecular flexibility index (Phi) is 5.53. The SMILES string of the molecule is CCOC(=O)N1CCN(C(=O)c2cc(Cl)c3c(c2)OCCCO3)CC1. The van der Waals surface area contributed by atoms with Crippen molar-refractivity contribution in [1.82, 2.24) is 9.80 Å². The van der Waals surface area contributed by atoms with Gasteiger partial charge < -0.3 is 24.0 Å². The van der Waals surface area contributed by atoms with Crippen LogP contribution < -0.4 is 9.47 Å². The highest BCUT2D eigenvalue weighted by Gasteiger charge is 2.27. The van der Waals surface area contributed by atoms with E-state index >= 15 is 0 Å². The number of hydrogen-bond acceptors (Lipinski definition) is 5. The number of fused-ring (bicyclic) bond motifs is 1. The maximum atomic E-state index is 12.8. The average Bonchev–Trinajstić information content (AvgIpc) is 2.87. The molecule has 0 atom stereocenters. The van der Waals surface area contributed by atoms with E-state index in [2.05, 4.69) is 0 Å². The van der Waals surface area contributed by atoms with Gasteiger partial charge >= 0.3 is 6.09 Å². The third-order valence-electron chi connectivity index (χ3n) is 4.14. The number of piperazine rings is 1. The Morgan fingerprint density at radius 1 is 1.12 bits per heavy atom. The number of ether oxygens (including phenoxy) is 3. The summed E-state index contributed by atoms with van der Waals surface area (Å²) in [6.45, 7) is 4.97. The van der Waals surface area contributed by atoms with Crippen LogP contribution in [0.5, 0.6) is 11.5 Å². The first-order valence-corrected chi connectivity index (χ1v) is 8.78. The van der Waals surface area contributed by atoms with Gasteiger partial charge in [-0.2, -0.15) is 0 Å². The molecule has 2 heterocycles. The molecular formula is C17H21ClN2O5. The fraction of sp³-hybridized carbons (Fsp3) is 0.529. The lowest BCUT2D eigenvalue weighted by Gasteiger charge is -2.34. The molecule has 2 aliphatic heterocycles. The summed E-state index contributed by atoms with van der Waals surface area (Å²) >= 11 is 6.26. The zero-order valence-corrected chi connectivity index (χ0v) is 14.9. The molecule has 0 radical (unpaired) electrons. The van der Waals surface area contributed by atoms with Crippen LogP contribution in [0.3, 0.4) is 0 Å². The number of benzene rings is 1. The minimum absolute atomic E-state index is 0.138. The molecule has 1 aromatic carbocycles. The predicted octanol–water partition coefficient (Wildman–Crippen LogP) is 2.42. The summed E-state index contributed by atoms with van der Waals surface area (Å²) in [6, 6.07) is 3.28. The summed E-state index contributed by atoms with van der Waals surface area (Å²) in [7, 11) is 0. The highest BCUT2D eigenvalue weighted by Crippen LogP contribution is 2.38. The van der Waals surface area contributed by atoms with Crippen LogP contribution in [-0.2, 0) is 4.74 Å². The smallest absolute Gasteiger partial charge is 0.409 e. The summed E-state index contributed by atoms with van der Waals surface area (Å²) in [6.07, 6.45) is 0.428. The molecule has 0 aromatic heterocycles. The van der Waals surface area contributed by atoms with Crippen molar-refractivity contribution in [2.45, 2.75) is 13.3 Å². The van der Waals surface area contributed by atoms with E-state index in [4.69, 9.17) is 25.8 Å². The van der Waals surface area contributed by atoms with Crippen LogP contribution in [0.2, 0.25) is 5.02 Å². The van der Waals surface area contributed by atoms with Crippen molar-refractivity contribution in [3.8, 4) is 11.5 Å². The second-order valence-electron chi connectivity index (χ2n) is 5.81. The molecule has 2 aliphatic rings. The molecule has 0 aliphatic carbocycles. The predicted molar refractivity (Wildman–Crippen MR) is 91.6 cm³/mol. The number of amides is 2. The molecule has 7 nitrogen and oxygen atoms in total. The van der Waals surface area contributed by atoms with E-state index in [-0.39, 0.29) is 12.0 Å². The Balaban J connectivity index is 1.69. The van der Waals surface area contributed by atoms with Crippen molar-refractivity contribution in [1.29, 1.82) is 0 Å². The highest BCUT2D eigenvalue weighted by molar-refractivity contribution is 6.32. The minimum Gasteiger partial charge on any atom is -0.489 e. The molecule has 0 saturated carbocycles. The lowest BCUT2D eigenvalue weighted by atomic mass is 10.1. The molecule has 0 N–H and O–H groups in total. The van der Waals surface area contributed by atoms with E-state index in [1.54, 1.807) is 28.9 Å². The summed E-state index contributed by atoms with van der Waals surface area (Å²) in [4.78, 5) is 27.8. The van der Waals surface area contributed by atoms with E-state index in [0.29, 0.717) is 68.1 Å². The van der Waals surface area contributed by atoms with Crippen LogP contribution in [0.4, 0.5) is 4.79 Å². The molecule has 0 spiro atoms. The van der Waals surface area contributed by atoms with E-state index in [0.717, 1.165) is 6.42 Å². The molecule has 1 saturated heterocycles. The molecule has 136 valence electrons. The summed E-state index contributed by atoms with van der Waals surface area (Å²) in [5.74, 6) is 0.849. The first-order valence-electron chi connectivity index (χ1n) is 8.40. The van der Waals surface area contributed by atoms with Gasteiger partial charge in [-0.05, 0) is 19.1 Å². The van der Waals surface area contributed by atoms with Crippen LogP contribution >= 0.6 is 11.6 Å². The standard InChI is InChI=1S/C17H21ClN2O5/c1-2-23-17(22)20-6-4-19(5-7-20)16(21)12-10-13(18)15-14(11-12)24-8-3-9-25-15/h10-11H,2-9H2,1H3. The minimum atomic E-state index is -0.340. The molecule has 0 bridgehead atoms. The van der Waals surface area contributed by atoms with Gasteiger partial charge in [0.2, 0.25) is 0 Å². The highest BCUT2D eigenvalue weighted by atomic mass is 35.5. The molecule has 1 fully saturated rings. The molecule has 8 heteroatoms. The van der Waals surface area contributed by atoms with Crippen LogP contribution in [0.25, 0.3) is 0 Å². The van der Waals surface area contributed by atoms with E-state index in [9.17, 15) is 9.59 Å². The number of carbonyl (C=O) groups is 2. The van der Waals surface area contributed by atoms with Gasteiger partial charge in [-0.25, -0.2) is 4.79 Å². The van der Waals surface area contributed by atoms with Crippen LogP contribution in [-0.4, -0.2) is 67.8 Å². The summed E-state index contributed by atoms with van der Waals surface area (Å²) in [5.41, 5.74) is 0.457. The second-order valence-corrected chi connectivity index (χ2v) is 6.22. The Morgan fingerprint density at radius 3 is 2.52 bits per heavy atom. The van der Waals surface area contributed by atoms with Crippen molar-refractivity contribution < 1.29 is 23.8 Å². The zero-order chi connectivity index (χ0) is 17.8. The average molecular weight is 369 g/mol. The van der Waals surface area contributed by atoms with Crippen molar-refractivity contribution >= 4 is 23.6 Å². The first kappa shape index (κ1) is 17.7. The Bertz CT molecular complexity index is 659. The molecule has 25 heavy (non-hydrogen) atoms. The Morgan fingerprint density at radius 2 is 1.80 bits per heavy atom. The third kappa shape index (κ3) is 3.92. The maximum absolute atomic E-state index is 12.8. The first-order chi connectivity index (χ1) is 12.1. The Labute approximate surface area is 151 Å². The normalized spacial score (nSPS) is 17.0. The van der Waals surface area contributed by atoms with Gasteiger partial charge in [-0.15, -0.1) is 0 Å². The number of nitrogens with zero attached hydrogens (tertiary/aromatic N) is 2.